The van der Waals surface area contributed by atoms with Gasteiger partial charge in [0.25, 0.3) is 0 Å². The molecule has 1 fully saturated rings. The van der Waals surface area contributed by atoms with E-state index >= 15 is 0 Å². The second kappa shape index (κ2) is 13.8. The monoisotopic (exact) mass is 631 g/mol. The van der Waals surface area contributed by atoms with Crippen LogP contribution in [0.5, 0.6) is 0 Å². The van der Waals surface area contributed by atoms with E-state index in [1.165, 1.54) is 0 Å². The summed E-state index contributed by atoms with van der Waals surface area (Å²) in [4.78, 5) is 39.3. The first-order valence-corrected chi connectivity index (χ1v) is 17.6. The molecule has 5 heteroatoms. The molecule has 0 aromatic heterocycles. The van der Waals surface area contributed by atoms with Gasteiger partial charge in [-0.05, 0) is 97.5 Å². The lowest BCUT2D eigenvalue weighted by molar-refractivity contribution is -0.156. The van der Waals surface area contributed by atoms with Gasteiger partial charge in [0.2, 0.25) is 0 Å². The van der Waals surface area contributed by atoms with E-state index in [0.29, 0.717) is 18.6 Å². The summed E-state index contributed by atoms with van der Waals surface area (Å²) < 4.78 is 6.02. The van der Waals surface area contributed by atoms with Crippen molar-refractivity contribution in [3.8, 4) is 6.07 Å². The Hall–Kier alpha value is -2.74. The molecule has 1 aromatic carbocycles. The lowest BCUT2D eigenvalue weighted by atomic mass is 9.39. The van der Waals surface area contributed by atoms with Gasteiger partial charge in [0.1, 0.15) is 11.9 Å². The van der Waals surface area contributed by atoms with Crippen LogP contribution in [0, 0.1) is 55.7 Å². The molecule has 0 aliphatic heterocycles. The molecule has 5 atom stereocenters. The van der Waals surface area contributed by atoms with E-state index in [9.17, 15) is 19.6 Å². The average Bonchev–Trinajstić information content (AvgIpc) is 2.98. The number of nitriles is 1. The smallest absolute Gasteiger partial charge is 0.338 e. The predicted molar refractivity (Wildman–Crippen MR) is 186 cm³/mol. The Morgan fingerprint density at radius 2 is 1.57 bits per heavy atom. The van der Waals surface area contributed by atoms with Crippen LogP contribution in [0.2, 0.25) is 0 Å². The third kappa shape index (κ3) is 7.69. The van der Waals surface area contributed by atoms with Gasteiger partial charge in [-0.2, -0.15) is 5.26 Å². The number of carbonyl (C=O) groups is 3. The van der Waals surface area contributed by atoms with Gasteiger partial charge in [0, 0.05) is 17.3 Å². The summed E-state index contributed by atoms with van der Waals surface area (Å²) in [5.74, 6) is -0.179. The van der Waals surface area contributed by atoms with Crippen molar-refractivity contribution in [1.82, 2.24) is 0 Å². The largest absolute Gasteiger partial charge is 0.462 e. The first-order valence-electron chi connectivity index (χ1n) is 17.6. The lowest BCUT2D eigenvalue weighted by Gasteiger charge is -2.64. The molecule has 254 valence electrons. The van der Waals surface area contributed by atoms with Crippen molar-refractivity contribution in [2.45, 2.75) is 134 Å². The fourth-order valence-corrected chi connectivity index (χ4v) is 9.21. The minimum absolute atomic E-state index is 0.0207. The molecule has 46 heavy (non-hydrogen) atoms. The molecular weight excluding hydrogens is 570 g/mol. The number of hydrogen-bond donors (Lipinski definition) is 0. The standard InChI is InChI=1S/C41H61NO4/c1-12-19-36(3,4)21-23-39(9,28-46-35(45)30-16-14-13-15-17-30)24-22-37(5,6)41(11)20-18-32-38(7,8)34(44)31(27-42)26-40(32,10)33(41)25-29(2)43/h13-17,26,32-33H,12,18-25,28H2,1-11H3/t32-,33+,39-,40-,41+/m0/s1. The number of rotatable bonds is 14. The van der Waals surface area contributed by atoms with E-state index in [4.69, 9.17) is 4.74 Å². The Bertz CT molecular complexity index is 1350. The van der Waals surface area contributed by atoms with E-state index in [-0.39, 0.29) is 56.6 Å². The molecule has 0 N–H and O–H groups in total. The molecule has 0 amide bonds. The first-order chi connectivity index (χ1) is 21.2. The summed E-state index contributed by atoms with van der Waals surface area (Å²) >= 11 is 0. The molecule has 0 saturated heterocycles. The first kappa shape index (κ1) is 37.7. The van der Waals surface area contributed by atoms with Crippen LogP contribution in [0.3, 0.4) is 0 Å². The third-order valence-corrected chi connectivity index (χ3v) is 12.8. The maximum absolute atomic E-state index is 13.4. The van der Waals surface area contributed by atoms with Gasteiger partial charge in [0.15, 0.2) is 5.78 Å². The lowest BCUT2D eigenvalue weighted by Crippen LogP contribution is -2.60. The number of nitrogens with zero attached hydrogens (tertiary/aromatic N) is 1. The topological polar surface area (TPSA) is 84.2 Å². The Labute approximate surface area is 279 Å². The predicted octanol–water partition coefficient (Wildman–Crippen LogP) is 10.3. The zero-order chi connectivity index (χ0) is 34.8. The van der Waals surface area contributed by atoms with Crippen LogP contribution >= 0.6 is 0 Å². The minimum atomic E-state index is -0.665. The van der Waals surface area contributed by atoms with Crippen LogP contribution in [-0.4, -0.2) is 24.1 Å². The highest BCUT2D eigenvalue weighted by Gasteiger charge is 2.63. The molecule has 2 aliphatic carbocycles. The van der Waals surface area contributed by atoms with Gasteiger partial charge in [-0.1, -0.05) is 99.9 Å². The van der Waals surface area contributed by atoms with Crippen LogP contribution in [0.1, 0.15) is 144 Å². The van der Waals surface area contributed by atoms with E-state index in [1.54, 1.807) is 19.1 Å². The Morgan fingerprint density at radius 3 is 2.13 bits per heavy atom. The van der Waals surface area contributed by atoms with Crippen molar-refractivity contribution in [2.75, 3.05) is 6.61 Å². The van der Waals surface area contributed by atoms with Gasteiger partial charge >= 0.3 is 5.97 Å². The average molecular weight is 632 g/mol. The van der Waals surface area contributed by atoms with Gasteiger partial charge < -0.3 is 9.53 Å². The van der Waals surface area contributed by atoms with Crippen molar-refractivity contribution >= 4 is 17.5 Å². The fraction of sp³-hybridized carbons (Fsp3) is 0.707. The highest BCUT2D eigenvalue weighted by Crippen LogP contribution is 2.68. The maximum atomic E-state index is 13.4. The number of Topliss-reactive ketones (excluding diaryl/α,β-unsaturated/α-hetero) is 2. The van der Waals surface area contributed by atoms with Crippen LogP contribution in [0.15, 0.2) is 42.0 Å². The number of carbonyl (C=O) groups excluding carboxylic acids is 3. The van der Waals surface area contributed by atoms with Crippen molar-refractivity contribution in [3.63, 3.8) is 0 Å². The van der Waals surface area contributed by atoms with Crippen molar-refractivity contribution in [1.29, 1.82) is 5.26 Å². The number of ether oxygens (including phenoxy) is 1. The van der Waals surface area contributed by atoms with Gasteiger partial charge in [0.05, 0.1) is 17.7 Å². The van der Waals surface area contributed by atoms with Crippen LogP contribution in [-0.2, 0) is 14.3 Å². The van der Waals surface area contributed by atoms with E-state index in [2.05, 4.69) is 61.5 Å². The van der Waals surface area contributed by atoms with Gasteiger partial charge in [-0.25, -0.2) is 4.79 Å². The summed E-state index contributed by atoms with van der Waals surface area (Å²) in [5.41, 5.74) is -0.721. The molecule has 0 radical (unpaired) electrons. The Balaban J connectivity index is 1.95. The summed E-state index contributed by atoms with van der Waals surface area (Å²) in [5, 5.41) is 9.99. The summed E-state index contributed by atoms with van der Waals surface area (Å²) in [7, 11) is 0. The zero-order valence-electron chi connectivity index (χ0n) is 30.8. The normalized spacial score (nSPS) is 27.5. The number of ketones is 2. The van der Waals surface area contributed by atoms with Crippen LogP contribution in [0.4, 0.5) is 0 Å². The molecule has 5 nitrogen and oxygen atoms in total. The highest BCUT2D eigenvalue weighted by molar-refractivity contribution is 6.04. The Kier molecular flexibility index (Phi) is 11.3. The third-order valence-electron chi connectivity index (χ3n) is 12.8. The quantitative estimate of drug-likeness (QED) is 0.191. The number of hydrogen-bond acceptors (Lipinski definition) is 5. The highest BCUT2D eigenvalue weighted by atomic mass is 16.5. The number of fused-ring (bicyclic) bond motifs is 1. The fourth-order valence-electron chi connectivity index (χ4n) is 9.21. The number of allylic oxidation sites excluding steroid dienone is 2. The van der Waals surface area contributed by atoms with E-state index < -0.39 is 10.8 Å². The summed E-state index contributed by atoms with van der Waals surface area (Å²) in [6.45, 7) is 24.4. The van der Waals surface area contributed by atoms with Crippen LogP contribution < -0.4 is 0 Å². The van der Waals surface area contributed by atoms with Crippen molar-refractivity contribution < 1.29 is 19.1 Å². The second-order valence-corrected chi connectivity index (χ2v) is 17.6. The number of esters is 1. The minimum Gasteiger partial charge on any atom is -0.462 e. The molecule has 3 rings (SSSR count). The maximum Gasteiger partial charge on any atom is 0.338 e. The van der Waals surface area contributed by atoms with Crippen LogP contribution in [0.25, 0.3) is 0 Å². The summed E-state index contributed by atoms with van der Waals surface area (Å²) in [6.07, 6.45) is 10.2. The molecule has 1 saturated carbocycles. The zero-order valence-corrected chi connectivity index (χ0v) is 30.8. The molecule has 2 aliphatic rings. The molecule has 0 spiro atoms. The SMILES string of the molecule is CCCC(C)(C)CC[C@@](C)(CCC(C)(C)[C@]1(C)CC[C@H]2C(C)(C)C(=O)C(C#N)=C[C@]2(C)[C@H]1CC(C)=O)COC(=O)c1ccccc1. The van der Waals surface area contributed by atoms with Crippen molar-refractivity contribution in [3.05, 3.63) is 47.5 Å². The molecule has 1 aromatic rings. The second-order valence-electron chi connectivity index (χ2n) is 17.6. The van der Waals surface area contributed by atoms with E-state index in [0.717, 1.165) is 51.4 Å². The van der Waals surface area contributed by atoms with Gasteiger partial charge in [-0.15, -0.1) is 0 Å². The van der Waals surface area contributed by atoms with Gasteiger partial charge in [-0.3, -0.25) is 4.79 Å². The molecular formula is C41H61NO4. The molecule has 0 heterocycles. The van der Waals surface area contributed by atoms with Crippen molar-refractivity contribution in [2.24, 2.45) is 44.3 Å². The number of benzene rings is 1. The Morgan fingerprint density at radius 1 is 0.957 bits per heavy atom. The summed E-state index contributed by atoms with van der Waals surface area (Å²) in [6, 6.07) is 11.4. The molecule has 0 unspecified atom stereocenters. The van der Waals surface area contributed by atoms with E-state index in [1.807, 2.05) is 38.1 Å². The molecule has 0 bridgehead atoms.